The van der Waals surface area contributed by atoms with Gasteiger partial charge in [-0.15, -0.1) is 0 Å². The van der Waals surface area contributed by atoms with E-state index < -0.39 is 0 Å². The average Bonchev–Trinajstić information content (AvgIpc) is 2.87. The van der Waals surface area contributed by atoms with Gasteiger partial charge in [-0.1, -0.05) is 23.4 Å². The number of aromatic nitrogens is 2. The molecule has 0 fully saturated rings. The van der Waals surface area contributed by atoms with Crippen LogP contribution in [0, 0.1) is 0 Å². The van der Waals surface area contributed by atoms with E-state index in [1.54, 1.807) is 6.20 Å². The van der Waals surface area contributed by atoms with E-state index in [0.29, 0.717) is 0 Å². The van der Waals surface area contributed by atoms with E-state index in [0.717, 1.165) is 11.3 Å². The Morgan fingerprint density at radius 1 is 1.20 bits per heavy atom. The van der Waals surface area contributed by atoms with Crippen molar-refractivity contribution in [2.75, 3.05) is 0 Å². The predicted octanol–water partition coefficient (Wildman–Crippen LogP) is 2.83. The zero-order chi connectivity index (χ0) is 10.3. The van der Waals surface area contributed by atoms with Crippen molar-refractivity contribution in [2.45, 2.75) is 0 Å². The van der Waals surface area contributed by atoms with Crippen molar-refractivity contribution in [1.29, 1.82) is 0 Å². The van der Waals surface area contributed by atoms with Gasteiger partial charge in [0.05, 0.1) is 6.20 Å². The van der Waals surface area contributed by atoms with Crippen molar-refractivity contribution in [2.24, 2.45) is 7.05 Å². The first-order valence-corrected chi connectivity index (χ1v) is 4.81. The maximum atomic E-state index is 5.18. The fraction of sp³-hybridized carbons (Fsp3) is 0.0833. The molecule has 0 atom stereocenters. The predicted molar refractivity (Wildman–Crippen MR) is 58.4 cm³/mol. The summed E-state index contributed by atoms with van der Waals surface area (Å²) in [7, 11) is 2.03. The van der Waals surface area contributed by atoms with Gasteiger partial charge in [0.1, 0.15) is 0 Å². The molecular weight excluding hydrogens is 188 g/mol. The Morgan fingerprint density at radius 2 is 2.07 bits per heavy atom. The highest BCUT2D eigenvalue weighted by Gasteiger charge is 2.10. The van der Waals surface area contributed by atoms with E-state index in [4.69, 9.17) is 4.52 Å². The molecule has 0 radical (unpaired) electrons. The molecule has 0 N–H and O–H groups in total. The quantitative estimate of drug-likeness (QED) is 0.602. The van der Waals surface area contributed by atoms with E-state index in [1.165, 1.54) is 10.9 Å². The first-order valence-electron chi connectivity index (χ1n) is 4.81. The van der Waals surface area contributed by atoms with Gasteiger partial charge in [-0.3, -0.25) is 0 Å². The van der Waals surface area contributed by atoms with Crippen LogP contribution in [0.5, 0.6) is 0 Å². The molecule has 0 saturated carbocycles. The molecule has 0 spiro atoms. The van der Waals surface area contributed by atoms with Crippen LogP contribution >= 0.6 is 0 Å². The Labute approximate surface area is 86.9 Å². The zero-order valence-corrected chi connectivity index (χ0v) is 8.34. The van der Waals surface area contributed by atoms with Crippen molar-refractivity contribution < 1.29 is 4.52 Å². The number of hydrogen-bond donors (Lipinski definition) is 0. The van der Waals surface area contributed by atoms with E-state index in [1.807, 2.05) is 25.2 Å². The fourth-order valence-electron chi connectivity index (χ4n) is 1.89. The monoisotopic (exact) mass is 198 g/mol. The third-order valence-electron chi connectivity index (χ3n) is 2.60. The molecule has 0 unspecified atom stereocenters. The molecule has 0 aliphatic heterocycles. The molecule has 3 heteroatoms. The van der Waals surface area contributed by atoms with Crippen LogP contribution in [-0.2, 0) is 7.05 Å². The zero-order valence-electron chi connectivity index (χ0n) is 8.34. The minimum Gasteiger partial charge on any atom is -0.356 e. The number of fused-ring (bicyclic) bond motifs is 1. The van der Waals surface area contributed by atoms with Gasteiger partial charge in [0.15, 0.2) is 5.76 Å². The lowest BCUT2D eigenvalue weighted by Gasteiger charge is -1.93. The van der Waals surface area contributed by atoms with Crippen LogP contribution in [0.4, 0.5) is 0 Å². The summed E-state index contributed by atoms with van der Waals surface area (Å²) in [6.07, 6.45) is 3.72. The Balaban J connectivity index is 2.37. The van der Waals surface area contributed by atoms with Crippen molar-refractivity contribution in [3.8, 4) is 11.3 Å². The van der Waals surface area contributed by atoms with Gasteiger partial charge in [-0.2, -0.15) is 0 Å². The van der Waals surface area contributed by atoms with Crippen LogP contribution in [0.1, 0.15) is 0 Å². The lowest BCUT2D eigenvalue weighted by molar-refractivity contribution is 0.432. The summed E-state index contributed by atoms with van der Waals surface area (Å²) in [6.45, 7) is 0. The van der Waals surface area contributed by atoms with Gasteiger partial charge in [-0.25, -0.2) is 0 Å². The first-order chi connectivity index (χ1) is 7.36. The molecule has 3 aromatic rings. The van der Waals surface area contributed by atoms with E-state index in [-0.39, 0.29) is 0 Å². The van der Waals surface area contributed by atoms with Crippen molar-refractivity contribution in [3.63, 3.8) is 0 Å². The molecule has 0 bridgehead atoms. The van der Waals surface area contributed by atoms with Gasteiger partial charge in [0.2, 0.25) is 0 Å². The average molecular weight is 198 g/mol. The lowest BCUT2D eigenvalue weighted by atomic mass is 10.1. The molecule has 74 valence electrons. The van der Waals surface area contributed by atoms with E-state index in [9.17, 15) is 0 Å². The number of para-hydroxylation sites is 1. The second-order valence-electron chi connectivity index (χ2n) is 3.55. The van der Waals surface area contributed by atoms with Crippen LogP contribution in [-0.4, -0.2) is 9.72 Å². The summed E-state index contributed by atoms with van der Waals surface area (Å²) in [5.74, 6) is 0.812. The summed E-state index contributed by atoms with van der Waals surface area (Å²) in [5, 5.41) is 4.92. The normalized spacial score (nSPS) is 11.0. The highest BCUT2D eigenvalue weighted by molar-refractivity contribution is 5.94. The molecule has 0 saturated heterocycles. The second kappa shape index (κ2) is 2.98. The van der Waals surface area contributed by atoms with Gasteiger partial charge in [0, 0.05) is 35.8 Å². The van der Waals surface area contributed by atoms with Gasteiger partial charge in [-0.05, 0) is 6.07 Å². The number of aryl methyl sites for hydroxylation is 1. The SMILES string of the molecule is Cn1cc(-c2ccno2)c2ccccc21. The molecule has 3 nitrogen and oxygen atoms in total. The topological polar surface area (TPSA) is 31.0 Å². The molecule has 15 heavy (non-hydrogen) atoms. The Bertz CT molecular complexity index is 593. The van der Waals surface area contributed by atoms with E-state index in [2.05, 4.69) is 28.1 Å². The summed E-state index contributed by atoms with van der Waals surface area (Å²) in [6, 6.07) is 10.1. The fourth-order valence-corrected chi connectivity index (χ4v) is 1.89. The van der Waals surface area contributed by atoms with Gasteiger partial charge < -0.3 is 9.09 Å². The lowest BCUT2D eigenvalue weighted by Crippen LogP contribution is -1.81. The van der Waals surface area contributed by atoms with Crippen molar-refractivity contribution >= 4 is 10.9 Å². The summed E-state index contributed by atoms with van der Waals surface area (Å²) < 4.78 is 7.27. The third-order valence-corrected chi connectivity index (χ3v) is 2.60. The summed E-state index contributed by atoms with van der Waals surface area (Å²) in [5.41, 5.74) is 2.29. The maximum Gasteiger partial charge on any atom is 0.168 e. The number of benzene rings is 1. The van der Waals surface area contributed by atoms with Crippen LogP contribution in [0.25, 0.3) is 22.2 Å². The Morgan fingerprint density at radius 3 is 2.87 bits per heavy atom. The van der Waals surface area contributed by atoms with Crippen LogP contribution in [0.2, 0.25) is 0 Å². The minimum atomic E-state index is 0.812. The second-order valence-corrected chi connectivity index (χ2v) is 3.55. The smallest absolute Gasteiger partial charge is 0.168 e. The Hall–Kier alpha value is -2.03. The largest absolute Gasteiger partial charge is 0.356 e. The van der Waals surface area contributed by atoms with Gasteiger partial charge in [0.25, 0.3) is 0 Å². The molecule has 0 aliphatic carbocycles. The summed E-state index contributed by atoms with van der Waals surface area (Å²) >= 11 is 0. The van der Waals surface area contributed by atoms with E-state index >= 15 is 0 Å². The molecular formula is C12H10N2O. The molecule has 3 rings (SSSR count). The molecule has 0 amide bonds. The minimum absolute atomic E-state index is 0.812. The summed E-state index contributed by atoms with van der Waals surface area (Å²) in [4.78, 5) is 0. The molecule has 1 aromatic carbocycles. The third kappa shape index (κ3) is 1.16. The highest BCUT2D eigenvalue weighted by Crippen LogP contribution is 2.29. The van der Waals surface area contributed by atoms with Crippen LogP contribution in [0.15, 0.2) is 47.2 Å². The highest BCUT2D eigenvalue weighted by atomic mass is 16.5. The van der Waals surface area contributed by atoms with Crippen LogP contribution in [0.3, 0.4) is 0 Å². The molecule has 2 heterocycles. The molecule has 2 aromatic heterocycles. The van der Waals surface area contributed by atoms with Crippen molar-refractivity contribution in [3.05, 3.63) is 42.7 Å². The van der Waals surface area contributed by atoms with Gasteiger partial charge >= 0.3 is 0 Å². The van der Waals surface area contributed by atoms with Crippen molar-refractivity contribution in [1.82, 2.24) is 9.72 Å². The standard InChI is InChI=1S/C12H10N2O/c1-14-8-10(12-6-7-13-15-12)9-4-2-3-5-11(9)14/h2-8H,1H3. The van der Waals surface area contributed by atoms with Crippen LogP contribution < -0.4 is 0 Å². The maximum absolute atomic E-state index is 5.18. The Kier molecular flexibility index (Phi) is 1.65. The number of hydrogen-bond acceptors (Lipinski definition) is 2. The number of nitrogens with zero attached hydrogens (tertiary/aromatic N) is 2. The molecule has 0 aliphatic rings. The first kappa shape index (κ1) is 8.29. The number of rotatable bonds is 1.